The second kappa shape index (κ2) is 6.68. The molecule has 0 heterocycles. The Labute approximate surface area is 88.6 Å². The topological polar surface area (TPSA) is 26.0 Å². The van der Waals surface area contributed by atoms with Gasteiger partial charge in [0.25, 0.3) is 0 Å². The molecule has 0 aromatic heterocycles. The number of hydrogen-bond acceptors (Lipinski definition) is 1. The maximum absolute atomic E-state index is 5.95. The summed E-state index contributed by atoms with van der Waals surface area (Å²) in [7, 11) is -1.37. The lowest BCUT2D eigenvalue weighted by atomic mass is 10.4. The number of nitrogens with two attached hydrogens (primary N) is 1. The maximum atomic E-state index is 5.95. The first-order valence-corrected chi connectivity index (χ1v) is 6.79. The van der Waals surface area contributed by atoms with Crippen LogP contribution in [0, 0.1) is 0 Å². The first kappa shape index (κ1) is 13.3. The molecule has 0 bridgehead atoms. The van der Waals surface area contributed by atoms with Crippen molar-refractivity contribution in [3.8, 4) is 0 Å². The van der Waals surface area contributed by atoms with Crippen molar-refractivity contribution in [1.82, 2.24) is 0 Å². The van der Waals surface area contributed by atoms with Crippen LogP contribution < -0.4 is 5.14 Å². The zero-order valence-electron chi connectivity index (χ0n) is 9.36. The Hall–Kier alpha value is -0.730. The second-order valence-electron chi connectivity index (χ2n) is 3.11. The van der Waals surface area contributed by atoms with Gasteiger partial charge in [0.2, 0.25) is 0 Å². The Morgan fingerprint density at radius 2 is 1.71 bits per heavy atom. The van der Waals surface area contributed by atoms with Gasteiger partial charge in [-0.25, -0.2) is 0 Å². The van der Waals surface area contributed by atoms with Crippen molar-refractivity contribution >= 4 is 20.6 Å². The Balaban J connectivity index is 0.000000500. The van der Waals surface area contributed by atoms with Crippen LogP contribution >= 0.6 is 9.39 Å². The minimum absolute atomic E-state index is 1.13. The van der Waals surface area contributed by atoms with Crippen LogP contribution in [0.15, 0.2) is 35.2 Å². The Kier molecular flexibility index (Phi) is 6.34. The van der Waals surface area contributed by atoms with Crippen molar-refractivity contribution < 1.29 is 0 Å². The molecule has 1 aromatic carbocycles. The SMILES string of the molecule is C=S(N)(=CC)c1ccccc1.CCC. The minimum Gasteiger partial charge on any atom is -0.285 e. The van der Waals surface area contributed by atoms with E-state index in [2.05, 4.69) is 19.7 Å². The van der Waals surface area contributed by atoms with Crippen LogP contribution in [0.4, 0.5) is 0 Å². The summed E-state index contributed by atoms with van der Waals surface area (Å²) in [5, 5.41) is 7.93. The fraction of sp³-hybridized carbons (Fsp3) is 0.333. The van der Waals surface area contributed by atoms with Crippen LogP contribution in [0.1, 0.15) is 27.2 Å². The van der Waals surface area contributed by atoms with E-state index >= 15 is 0 Å². The maximum Gasteiger partial charge on any atom is 0.00867 e. The molecule has 14 heavy (non-hydrogen) atoms. The number of hydrogen-bond donors (Lipinski definition) is 1. The molecule has 0 saturated heterocycles. The Morgan fingerprint density at radius 1 is 1.29 bits per heavy atom. The summed E-state index contributed by atoms with van der Waals surface area (Å²) in [5.74, 6) is 3.96. The lowest BCUT2D eigenvalue weighted by Gasteiger charge is -2.08. The molecular weight excluding hydrogens is 190 g/mol. The van der Waals surface area contributed by atoms with Gasteiger partial charge in [0.05, 0.1) is 0 Å². The summed E-state index contributed by atoms with van der Waals surface area (Å²) in [6, 6.07) is 9.98. The lowest BCUT2D eigenvalue weighted by molar-refractivity contribution is 1.09. The van der Waals surface area contributed by atoms with Gasteiger partial charge in [-0.1, -0.05) is 49.7 Å². The van der Waals surface area contributed by atoms with Crippen LogP contribution in [0.25, 0.3) is 0 Å². The predicted octanol–water partition coefficient (Wildman–Crippen LogP) is 3.39. The van der Waals surface area contributed by atoms with Gasteiger partial charge in [-0.05, 0) is 19.1 Å². The van der Waals surface area contributed by atoms with E-state index in [1.807, 2.05) is 42.6 Å². The zero-order chi connectivity index (χ0) is 11.0. The van der Waals surface area contributed by atoms with Gasteiger partial charge < -0.3 is 0 Å². The highest BCUT2D eigenvalue weighted by Crippen LogP contribution is 2.23. The van der Waals surface area contributed by atoms with Gasteiger partial charge in [0.15, 0.2) is 0 Å². The predicted molar refractivity (Wildman–Crippen MR) is 71.3 cm³/mol. The molecule has 0 aliphatic rings. The molecule has 2 N–H and O–H groups in total. The molecule has 0 aliphatic carbocycles. The van der Waals surface area contributed by atoms with Crippen molar-refractivity contribution in [2.75, 3.05) is 0 Å². The van der Waals surface area contributed by atoms with Crippen LogP contribution in [0.3, 0.4) is 0 Å². The average Bonchev–Trinajstić information content (AvgIpc) is 2.20. The van der Waals surface area contributed by atoms with E-state index in [4.69, 9.17) is 5.14 Å². The second-order valence-corrected chi connectivity index (χ2v) is 5.75. The van der Waals surface area contributed by atoms with Gasteiger partial charge in [0, 0.05) is 4.90 Å². The molecule has 1 rings (SSSR count). The molecular formula is C12H21NS. The van der Waals surface area contributed by atoms with Crippen molar-refractivity contribution in [3.63, 3.8) is 0 Å². The first-order valence-electron chi connectivity index (χ1n) is 4.87. The Morgan fingerprint density at radius 3 is 2.07 bits per heavy atom. The summed E-state index contributed by atoms with van der Waals surface area (Å²) >= 11 is 0. The van der Waals surface area contributed by atoms with Crippen LogP contribution in [0.5, 0.6) is 0 Å². The van der Waals surface area contributed by atoms with E-state index in [-0.39, 0.29) is 0 Å². The van der Waals surface area contributed by atoms with Gasteiger partial charge in [-0.2, -0.15) is 0 Å². The van der Waals surface area contributed by atoms with E-state index < -0.39 is 9.39 Å². The Bertz CT molecular complexity index is 346. The van der Waals surface area contributed by atoms with E-state index in [0.717, 1.165) is 4.90 Å². The summed E-state index contributed by atoms with van der Waals surface area (Å²) in [6.07, 6.45) is 1.25. The fourth-order valence-electron chi connectivity index (χ4n) is 0.810. The number of benzene rings is 1. The molecule has 0 fully saturated rings. The molecule has 0 amide bonds. The van der Waals surface area contributed by atoms with Gasteiger partial charge in [0.1, 0.15) is 0 Å². The van der Waals surface area contributed by atoms with Crippen LogP contribution in [-0.2, 0) is 0 Å². The molecule has 1 atom stereocenters. The molecule has 80 valence electrons. The largest absolute Gasteiger partial charge is 0.285 e. The van der Waals surface area contributed by atoms with Crippen molar-refractivity contribution in [3.05, 3.63) is 30.3 Å². The lowest BCUT2D eigenvalue weighted by Crippen LogP contribution is -1.93. The van der Waals surface area contributed by atoms with Gasteiger partial charge in [-0.3, -0.25) is 5.14 Å². The van der Waals surface area contributed by atoms with Crippen molar-refractivity contribution in [2.24, 2.45) is 5.14 Å². The molecule has 1 unspecified atom stereocenters. The highest BCUT2D eigenvalue weighted by molar-refractivity contribution is 8.26. The van der Waals surface area contributed by atoms with Crippen LogP contribution in [-0.4, -0.2) is 11.2 Å². The molecule has 0 saturated carbocycles. The quantitative estimate of drug-likeness (QED) is 0.708. The number of rotatable bonds is 1. The summed E-state index contributed by atoms with van der Waals surface area (Å²) in [4.78, 5) is 1.13. The normalized spacial score (nSPS) is 13.4. The van der Waals surface area contributed by atoms with E-state index in [1.54, 1.807) is 0 Å². The highest BCUT2D eigenvalue weighted by Gasteiger charge is 1.92. The molecule has 0 aliphatic heterocycles. The first-order chi connectivity index (χ1) is 6.58. The van der Waals surface area contributed by atoms with Gasteiger partial charge >= 0.3 is 0 Å². The molecule has 1 nitrogen and oxygen atoms in total. The molecule has 1 aromatic rings. The molecule has 0 spiro atoms. The third-order valence-corrected chi connectivity index (χ3v) is 3.59. The molecule has 0 radical (unpaired) electrons. The van der Waals surface area contributed by atoms with E-state index in [1.165, 1.54) is 6.42 Å². The third kappa shape index (κ3) is 4.49. The zero-order valence-corrected chi connectivity index (χ0v) is 10.2. The van der Waals surface area contributed by atoms with Crippen molar-refractivity contribution in [1.29, 1.82) is 0 Å². The standard InChI is InChI=1S/C9H13NS.C3H8/c1-3-11(2,10)9-7-5-4-6-8-9;1-3-2/h3-8H,2,10H2,1H3;3H2,1-2H3. The highest BCUT2D eigenvalue weighted by atomic mass is 32.2. The van der Waals surface area contributed by atoms with E-state index in [0.29, 0.717) is 0 Å². The average molecular weight is 211 g/mol. The summed E-state index contributed by atoms with van der Waals surface area (Å²) in [5.41, 5.74) is 0. The third-order valence-electron chi connectivity index (χ3n) is 1.60. The van der Waals surface area contributed by atoms with Gasteiger partial charge in [-0.15, -0.1) is 9.39 Å². The summed E-state index contributed by atoms with van der Waals surface area (Å²) < 4.78 is 0. The molecule has 2 heteroatoms. The minimum atomic E-state index is -1.37. The van der Waals surface area contributed by atoms with Crippen molar-refractivity contribution in [2.45, 2.75) is 32.1 Å². The summed E-state index contributed by atoms with van der Waals surface area (Å²) in [6.45, 7) is 6.20. The van der Waals surface area contributed by atoms with E-state index in [9.17, 15) is 0 Å². The monoisotopic (exact) mass is 211 g/mol. The smallest absolute Gasteiger partial charge is 0.00867 e. The fourth-order valence-corrected chi connectivity index (χ4v) is 1.75. The van der Waals surface area contributed by atoms with Crippen LogP contribution in [0.2, 0.25) is 0 Å².